The molecule has 4 heterocycles. The fourth-order valence-corrected chi connectivity index (χ4v) is 6.07. The fraction of sp³-hybridized carbons (Fsp3) is 0.389. The molecule has 316 valence electrons. The van der Waals surface area contributed by atoms with E-state index in [-0.39, 0.29) is 82.1 Å². The van der Waals surface area contributed by atoms with E-state index in [1.807, 2.05) is 0 Å². The molecule has 2 aliphatic heterocycles. The maximum absolute atomic E-state index is 14.7. The number of rotatable bonds is 19. The van der Waals surface area contributed by atoms with Crippen molar-refractivity contribution in [1.82, 2.24) is 46.5 Å². The van der Waals surface area contributed by atoms with Crippen LogP contribution in [0.25, 0.3) is 22.3 Å². The van der Waals surface area contributed by atoms with E-state index in [9.17, 15) is 43.1 Å². The number of aliphatic hydroxyl groups is 1. The van der Waals surface area contributed by atoms with Crippen molar-refractivity contribution >= 4 is 46.4 Å². The molecular weight excluding hydrogens is 781 g/mol. The molecule has 59 heavy (non-hydrogen) atoms. The van der Waals surface area contributed by atoms with Gasteiger partial charge in [0.2, 0.25) is 29.5 Å². The number of aromatic nitrogens is 2. The number of esters is 1. The number of nitrogens with one attached hydrogen (secondary N) is 6. The van der Waals surface area contributed by atoms with Crippen LogP contribution in [0.15, 0.2) is 34.9 Å². The first-order chi connectivity index (χ1) is 28.2. The molecule has 22 nitrogen and oxygen atoms in total. The highest BCUT2D eigenvalue weighted by atomic mass is 19.1. The molecule has 1 unspecified atom stereocenters. The van der Waals surface area contributed by atoms with E-state index >= 15 is 0 Å². The maximum Gasteiger partial charge on any atom is 0.340 e. The highest BCUT2D eigenvalue weighted by Gasteiger charge is 2.35. The van der Waals surface area contributed by atoms with E-state index in [1.54, 1.807) is 20.0 Å². The van der Waals surface area contributed by atoms with Gasteiger partial charge in [0, 0.05) is 28.8 Å². The minimum absolute atomic E-state index is 0.0319. The molecule has 0 fully saturated rings. The molecule has 0 saturated carbocycles. The number of aliphatic hydroxyl groups excluding tert-OH is 1. The molecule has 0 radical (unpaired) electrons. The number of nitrogens with two attached hydrogens (primary N) is 2. The molecule has 1 atom stereocenters. The standard InChI is InChI=1S/C36H44FN11O11/c1-18-3-20-22(23-12-48-27(33(23)46-26(20)5-25(18)37)4-21-24(35(48)55)14-59-36(56)34(21)54)11-47(39)10-19(38)13-57-16-44-31(52)9-43-32(53)15-58-17-45-30(51)8-42-29(50)7-41-28(49)6-40-2/h3-5,10,34,40,54H,6-9,11-17,38-39H2,1-2H3,(H,41,49)(H,42,50)(H,43,53)(H,44,52)(H,45,51)/b19-10-. The van der Waals surface area contributed by atoms with Crippen LogP contribution in [0.1, 0.15) is 33.9 Å². The van der Waals surface area contributed by atoms with Gasteiger partial charge in [-0.15, -0.1) is 0 Å². The van der Waals surface area contributed by atoms with Gasteiger partial charge in [0.1, 0.15) is 32.5 Å². The number of ether oxygens (including phenoxy) is 3. The Balaban J connectivity index is 1.06. The summed E-state index contributed by atoms with van der Waals surface area (Å²) in [5.74, 6) is 2.19. The number of nitrogens with zero attached hydrogens (tertiary/aromatic N) is 3. The second kappa shape index (κ2) is 19.8. The Kier molecular flexibility index (Phi) is 14.6. The van der Waals surface area contributed by atoms with Crippen molar-refractivity contribution in [1.29, 1.82) is 0 Å². The van der Waals surface area contributed by atoms with Gasteiger partial charge in [-0.1, -0.05) is 0 Å². The van der Waals surface area contributed by atoms with Gasteiger partial charge in [0.25, 0.3) is 5.56 Å². The number of hydrogen-bond donors (Lipinski definition) is 9. The summed E-state index contributed by atoms with van der Waals surface area (Å²) < 4.78 is 31.6. The summed E-state index contributed by atoms with van der Waals surface area (Å²) in [6, 6.07) is 4.44. The first-order valence-electron chi connectivity index (χ1n) is 18.0. The van der Waals surface area contributed by atoms with Crippen LogP contribution >= 0.6 is 0 Å². The zero-order chi connectivity index (χ0) is 42.8. The number of likely N-dealkylation sites (N-methyl/N-ethyl adjacent to an activating group) is 1. The minimum Gasteiger partial charge on any atom is -0.458 e. The number of pyridine rings is 2. The highest BCUT2D eigenvalue weighted by molar-refractivity contribution is 5.90. The van der Waals surface area contributed by atoms with Crippen LogP contribution in [-0.2, 0) is 62.7 Å². The molecule has 2 aromatic heterocycles. The van der Waals surface area contributed by atoms with Crippen molar-refractivity contribution in [2.24, 2.45) is 11.6 Å². The summed E-state index contributed by atoms with van der Waals surface area (Å²) in [5.41, 5.74) is 8.73. The number of carbonyl (C=O) groups is 6. The Hall–Kier alpha value is -6.53. The van der Waals surface area contributed by atoms with Gasteiger partial charge in [-0.25, -0.2) is 20.0 Å². The molecule has 0 aliphatic carbocycles. The van der Waals surface area contributed by atoms with Crippen molar-refractivity contribution in [3.8, 4) is 11.4 Å². The van der Waals surface area contributed by atoms with Crippen LogP contribution in [-0.4, -0.2) is 115 Å². The van der Waals surface area contributed by atoms with Crippen molar-refractivity contribution in [2.75, 3.05) is 59.9 Å². The van der Waals surface area contributed by atoms with Gasteiger partial charge in [-0.3, -0.25) is 28.8 Å². The number of halogens is 1. The second-order valence-electron chi connectivity index (χ2n) is 13.3. The molecule has 23 heteroatoms. The van der Waals surface area contributed by atoms with E-state index in [1.165, 1.54) is 27.9 Å². The summed E-state index contributed by atoms with van der Waals surface area (Å²) in [6.07, 6.45) is -0.241. The fourth-order valence-electron chi connectivity index (χ4n) is 6.07. The van der Waals surface area contributed by atoms with E-state index < -0.39 is 60.2 Å². The third kappa shape index (κ3) is 11.1. The van der Waals surface area contributed by atoms with Gasteiger partial charge in [-0.2, -0.15) is 0 Å². The van der Waals surface area contributed by atoms with Gasteiger partial charge in [0.05, 0.1) is 74.0 Å². The summed E-state index contributed by atoms with van der Waals surface area (Å²) >= 11 is 0. The van der Waals surface area contributed by atoms with E-state index in [4.69, 9.17) is 25.8 Å². The van der Waals surface area contributed by atoms with Gasteiger partial charge in [-0.05, 0) is 37.2 Å². The average molecular weight is 826 g/mol. The summed E-state index contributed by atoms with van der Waals surface area (Å²) in [6.45, 7) is -0.875. The zero-order valence-corrected chi connectivity index (χ0v) is 32.1. The minimum atomic E-state index is -1.64. The normalized spacial score (nSPS) is 14.1. The van der Waals surface area contributed by atoms with Crippen LogP contribution in [0.4, 0.5) is 4.39 Å². The monoisotopic (exact) mass is 825 g/mol. The molecule has 11 N–H and O–H groups in total. The predicted molar refractivity (Wildman–Crippen MR) is 203 cm³/mol. The second-order valence-corrected chi connectivity index (χ2v) is 13.3. The van der Waals surface area contributed by atoms with Crippen LogP contribution in [0.5, 0.6) is 0 Å². The average Bonchev–Trinajstić information content (AvgIpc) is 3.56. The van der Waals surface area contributed by atoms with Crippen LogP contribution in [0, 0.1) is 12.7 Å². The van der Waals surface area contributed by atoms with Crippen molar-refractivity contribution < 1.29 is 52.5 Å². The number of aryl methyl sites for hydroxylation is 1. The summed E-state index contributed by atoms with van der Waals surface area (Å²) in [5, 5.41) is 26.7. The predicted octanol–water partition coefficient (Wildman–Crippen LogP) is -3.81. The first kappa shape index (κ1) is 43.6. The van der Waals surface area contributed by atoms with Gasteiger partial charge < -0.3 is 66.5 Å². The number of benzene rings is 1. The molecule has 1 aromatic carbocycles. The number of hydrogen-bond acceptors (Lipinski definition) is 16. The lowest BCUT2D eigenvalue weighted by atomic mass is 9.97. The van der Waals surface area contributed by atoms with Crippen molar-refractivity contribution in [3.63, 3.8) is 0 Å². The number of cyclic esters (lactones) is 1. The van der Waals surface area contributed by atoms with E-state index in [2.05, 4.69) is 36.9 Å². The lowest BCUT2D eigenvalue weighted by molar-refractivity contribution is -0.157. The molecular formula is C36H44FN11O11. The van der Waals surface area contributed by atoms with E-state index in [0.29, 0.717) is 39.0 Å². The lowest BCUT2D eigenvalue weighted by Gasteiger charge is -2.21. The van der Waals surface area contributed by atoms with E-state index in [0.717, 1.165) is 0 Å². The van der Waals surface area contributed by atoms with Gasteiger partial charge >= 0.3 is 5.97 Å². The third-order valence-electron chi connectivity index (χ3n) is 8.95. The topological polar surface area (TPSA) is 313 Å². The van der Waals surface area contributed by atoms with Crippen LogP contribution in [0.2, 0.25) is 0 Å². The quantitative estimate of drug-likeness (QED) is 0.0144. The van der Waals surface area contributed by atoms with Crippen LogP contribution in [0.3, 0.4) is 0 Å². The number of hydrazine groups is 1. The molecule has 5 amide bonds. The summed E-state index contributed by atoms with van der Waals surface area (Å²) in [7, 11) is 1.57. The SMILES string of the molecule is CNCC(=O)NCC(=O)NCC(=O)NCOCC(=O)NCC(=O)NCOC/C(N)=C/N(N)Cc1c2c(nc3cc(F)c(C)cc13)-c1cc3c(c(=O)n1C2)COC(=O)C3O. The molecule has 0 spiro atoms. The molecule has 3 aromatic rings. The Morgan fingerprint density at radius 1 is 0.932 bits per heavy atom. The molecule has 5 rings (SSSR count). The number of amides is 5. The molecule has 0 saturated heterocycles. The molecule has 0 bridgehead atoms. The number of fused-ring (bicyclic) bond motifs is 5. The molecule has 2 aliphatic rings. The Morgan fingerprint density at radius 3 is 2.20 bits per heavy atom. The maximum atomic E-state index is 14.7. The number of carbonyl (C=O) groups excluding carboxylic acids is 6. The largest absolute Gasteiger partial charge is 0.458 e. The Labute approximate surface area is 334 Å². The first-order valence-corrected chi connectivity index (χ1v) is 18.0. The smallest absolute Gasteiger partial charge is 0.340 e. The third-order valence-corrected chi connectivity index (χ3v) is 8.95. The van der Waals surface area contributed by atoms with Crippen molar-refractivity contribution in [2.45, 2.75) is 32.7 Å². The zero-order valence-electron chi connectivity index (χ0n) is 32.1. The Morgan fingerprint density at radius 2 is 1.54 bits per heavy atom. The summed E-state index contributed by atoms with van der Waals surface area (Å²) in [4.78, 5) is 89.2. The highest BCUT2D eigenvalue weighted by Crippen LogP contribution is 2.38. The van der Waals surface area contributed by atoms with Crippen molar-refractivity contribution in [3.05, 3.63) is 74.1 Å². The van der Waals surface area contributed by atoms with Gasteiger partial charge in [0.15, 0.2) is 6.10 Å². The van der Waals surface area contributed by atoms with Crippen LogP contribution < -0.4 is 49.0 Å². The lowest BCUT2D eigenvalue weighted by Crippen LogP contribution is -2.44. The Bertz CT molecular complexity index is 2250.